The molecule has 23 heavy (non-hydrogen) atoms. The molecule has 0 aliphatic rings. The first-order valence-electron chi connectivity index (χ1n) is 7.19. The molecule has 1 rings (SSSR count). The molecule has 4 nitrogen and oxygen atoms in total. The van der Waals surface area contributed by atoms with Crippen molar-refractivity contribution in [2.45, 2.75) is 20.8 Å². The fourth-order valence-corrected chi connectivity index (χ4v) is 2.15. The molecule has 128 valence electrons. The third-order valence-corrected chi connectivity index (χ3v) is 3.24. The number of methoxy groups -OCH3 is 1. The van der Waals surface area contributed by atoms with Crippen LogP contribution in [0.2, 0.25) is 0 Å². The molecule has 0 heterocycles. The molecule has 0 spiro atoms. The summed E-state index contributed by atoms with van der Waals surface area (Å²) in [5.41, 5.74) is -0.568. The number of nitrogens with zero attached hydrogens (tertiary/aromatic N) is 1. The van der Waals surface area contributed by atoms with Gasteiger partial charge in [-0.1, -0.05) is 20.8 Å². The minimum Gasteiger partial charge on any atom is -0.469 e. The molecular formula is C16H20F3NO3. The number of carbonyl (C=O) groups is 2. The number of hydrogen-bond acceptors (Lipinski definition) is 3. The van der Waals surface area contributed by atoms with Crippen LogP contribution in [0.4, 0.5) is 13.2 Å². The normalized spacial score (nSPS) is 12.2. The summed E-state index contributed by atoms with van der Waals surface area (Å²) in [4.78, 5) is 25.2. The second-order valence-corrected chi connectivity index (χ2v) is 5.75. The zero-order valence-corrected chi connectivity index (χ0v) is 13.5. The Hall–Kier alpha value is -2.05. The fourth-order valence-electron chi connectivity index (χ4n) is 2.15. The van der Waals surface area contributed by atoms with Crippen molar-refractivity contribution in [3.63, 3.8) is 0 Å². The van der Waals surface area contributed by atoms with Crippen molar-refractivity contribution in [1.82, 2.24) is 4.90 Å². The van der Waals surface area contributed by atoms with Crippen LogP contribution in [0.25, 0.3) is 0 Å². The Morgan fingerprint density at radius 3 is 2.22 bits per heavy atom. The summed E-state index contributed by atoms with van der Waals surface area (Å²) in [6.45, 7) is 5.46. The maximum Gasteiger partial charge on any atom is 0.310 e. The van der Waals surface area contributed by atoms with Crippen molar-refractivity contribution in [2.24, 2.45) is 11.8 Å². The van der Waals surface area contributed by atoms with Crippen molar-refractivity contribution in [1.29, 1.82) is 0 Å². The van der Waals surface area contributed by atoms with Gasteiger partial charge >= 0.3 is 5.97 Å². The van der Waals surface area contributed by atoms with E-state index in [9.17, 15) is 22.8 Å². The zero-order valence-electron chi connectivity index (χ0n) is 13.5. The topological polar surface area (TPSA) is 46.6 Å². The Bertz CT molecular complexity index is 590. The SMILES string of the molecule is COC(=O)C(C)CN(CC(C)C)C(=O)c1ccc(F)c(F)c1F. The van der Waals surface area contributed by atoms with E-state index < -0.39 is 40.8 Å². The van der Waals surface area contributed by atoms with Crippen molar-refractivity contribution >= 4 is 11.9 Å². The van der Waals surface area contributed by atoms with Crippen molar-refractivity contribution in [2.75, 3.05) is 20.2 Å². The number of rotatable bonds is 6. The number of ether oxygens (including phenoxy) is 1. The van der Waals surface area contributed by atoms with E-state index >= 15 is 0 Å². The molecular weight excluding hydrogens is 311 g/mol. The zero-order chi connectivity index (χ0) is 17.7. The molecule has 0 radical (unpaired) electrons. The smallest absolute Gasteiger partial charge is 0.310 e. The lowest BCUT2D eigenvalue weighted by atomic mass is 10.1. The van der Waals surface area contributed by atoms with Crippen LogP contribution in [-0.4, -0.2) is 37.0 Å². The highest BCUT2D eigenvalue weighted by molar-refractivity contribution is 5.94. The van der Waals surface area contributed by atoms with Gasteiger partial charge in [-0.05, 0) is 18.1 Å². The van der Waals surface area contributed by atoms with E-state index in [0.29, 0.717) is 6.07 Å². The minimum absolute atomic E-state index is 0.0118. The van der Waals surface area contributed by atoms with Crippen LogP contribution >= 0.6 is 0 Å². The first-order chi connectivity index (χ1) is 10.7. The van der Waals surface area contributed by atoms with Gasteiger partial charge in [0.15, 0.2) is 17.5 Å². The van der Waals surface area contributed by atoms with E-state index in [1.165, 1.54) is 12.0 Å². The summed E-state index contributed by atoms with van der Waals surface area (Å²) in [6.07, 6.45) is 0. The fraction of sp³-hybridized carbons (Fsp3) is 0.500. The number of esters is 1. The van der Waals surface area contributed by atoms with E-state index in [1.807, 2.05) is 13.8 Å². The van der Waals surface area contributed by atoms with E-state index in [4.69, 9.17) is 0 Å². The third-order valence-electron chi connectivity index (χ3n) is 3.24. The van der Waals surface area contributed by atoms with E-state index in [0.717, 1.165) is 6.07 Å². The Morgan fingerprint density at radius 2 is 1.70 bits per heavy atom. The molecule has 1 aromatic rings. The van der Waals surface area contributed by atoms with Crippen LogP contribution in [0.1, 0.15) is 31.1 Å². The molecule has 0 bridgehead atoms. The van der Waals surface area contributed by atoms with Crippen LogP contribution in [0.5, 0.6) is 0 Å². The highest BCUT2D eigenvalue weighted by Gasteiger charge is 2.27. The van der Waals surface area contributed by atoms with Crippen molar-refractivity contribution < 1.29 is 27.5 Å². The molecule has 1 amide bonds. The highest BCUT2D eigenvalue weighted by Crippen LogP contribution is 2.18. The highest BCUT2D eigenvalue weighted by atomic mass is 19.2. The standard InChI is InChI=1S/C16H20F3NO3/c1-9(2)7-20(8-10(3)16(22)23-4)15(21)11-5-6-12(17)14(19)13(11)18/h5-6,9-10H,7-8H2,1-4H3. The van der Waals surface area contributed by atoms with Gasteiger partial charge < -0.3 is 9.64 Å². The predicted octanol–water partition coefficient (Wildman–Crippen LogP) is 3.01. The number of halogens is 3. The van der Waals surface area contributed by atoms with Gasteiger partial charge in [0.1, 0.15) is 0 Å². The van der Waals surface area contributed by atoms with E-state index in [-0.39, 0.29) is 19.0 Å². The second kappa shape index (κ2) is 7.99. The van der Waals surface area contributed by atoms with Crippen LogP contribution in [0, 0.1) is 29.3 Å². The van der Waals surface area contributed by atoms with Crippen LogP contribution in [-0.2, 0) is 9.53 Å². The van der Waals surface area contributed by atoms with E-state index in [1.54, 1.807) is 6.92 Å². The van der Waals surface area contributed by atoms with Crippen LogP contribution < -0.4 is 0 Å². The number of benzene rings is 1. The summed E-state index contributed by atoms with van der Waals surface area (Å²) < 4.78 is 44.7. The molecule has 1 aromatic carbocycles. The number of carbonyl (C=O) groups excluding carboxylic acids is 2. The maximum atomic E-state index is 13.8. The lowest BCUT2D eigenvalue weighted by Crippen LogP contribution is -2.40. The van der Waals surface area contributed by atoms with Gasteiger partial charge in [0.05, 0.1) is 18.6 Å². The van der Waals surface area contributed by atoms with Gasteiger partial charge in [-0.15, -0.1) is 0 Å². The molecule has 0 aliphatic heterocycles. The van der Waals surface area contributed by atoms with Crippen molar-refractivity contribution in [3.05, 3.63) is 35.1 Å². The molecule has 1 atom stereocenters. The quantitative estimate of drug-likeness (QED) is 0.595. The van der Waals surface area contributed by atoms with Crippen LogP contribution in [0.3, 0.4) is 0 Å². The molecule has 0 N–H and O–H groups in total. The molecule has 0 saturated carbocycles. The number of amides is 1. The average molecular weight is 331 g/mol. The molecule has 0 fully saturated rings. The second-order valence-electron chi connectivity index (χ2n) is 5.75. The monoisotopic (exact) mass is 331 g/mol. The molecule has 0 saturated heterocycles. The Balaban J connectivity index is 3.09. The summed E-state index contributed by atoms with van der Waals surface area (Å²) in [5, 5.41) is 0. The summed E-state index contributed by atoms with van der Waals surface area (Å²) >= 11 is 0. The lowest BCUT2D eigenvalue weighted by molar-refractivity contribution is -0.145. The molecule has 0 aromatic heterocycles. The van der Waals surface area contributed by atoms with Gasteiger partial charge in [-0.25, -0.2) is 13.2 Å². The first kappa shape index (κ1) is 19.0. The molecule has 0 aliphatic carbocycles. The summed E-state index contributed by atoms with van der Waals surface area (Å²) in [5.74, 6) is -6.50. The van der Waals surface area contributed by atoms with Gasteiger partial charge in [0.2, 0.25) is 0 Å². The lowest BCUT2D eigenvalue weighted by Gasteiger charge is -2.27. The Kier molecular flexibility index (Phi) is 6.60. The average Bonchev–Trinajstić information content (AvgIpc) is 2.50. The van der Waals surface area contributed by atoms with Gasteiger partial charge in [-0.2, -0.15) is 0 Å². The summed E-state index contributed by atoms with van der Waals surface area (Å²) in [6, 6.07) is 1.59. The maximum absolute atomic E-state index is 13.8. The molecule has 7 heteroatoms. The predicted molar refractivity (Wildman–Crippen MR) is 78.2 cm³/mol. The van der Waals surface area contributed by atoms with Crippen molar-refractivity contribution in [3.8, 4) is 0 Å². The summed E-state index contributed by atoms with van der Waals surface area (Å²) in [7, 11) is 1.22. The van der Waals surface area contributed by atoms with Gasteiger partial charge in [0, 0.05) is 13.1 Å². The Labute approximate surface area is 133 Å². The first-order valence-corrected chi connectivity index (χ1v) is 7.19. The van der Waals surface area contributed by atoms with E-state index in [2.05, 4.69) is 4.74 Å². The third kappa shape index (κ3) is 4.71. The Morgan fingerprint density at radius 1 is 1.09 bits per heavy atom. The molecule has 1 unspecified atom stereocenters. The minimum atomic E-state index is -1.69. The van der Waals surface area contributed by atoms with Crippen LogP contribution in [0.15, 0.2) is 12.1 Å². The van der Waals surface area contributed by atoms with Gasteiger partial charge in [0.25, 0.3) is 5.91 Å². The largest absolute Gasteiger partial charge is 0.469 e. The number of hydrogen-bond donors (Lipinski definition) is 0. The van der Waals surface area contributed by atoms with Gasteiger partial charge in [-0.3, -0.25) is 9.59 Å².